The van der Waals surface area contributed by atoms with Crippen molar-refractivity contribution in [1.82, 2.24) is 15.5 Å². The highest BCUT2D eigenvalue weighted by Crippen LogP contribution is 2.23. The zero-order valence-electron chi connectivity index (χ0n) is 17.0. The van der Waals surface area contributed by atoms with Crippen molar-refractivity contribution in [3.63, 3.8) is 0 Å². The van der Waals surface area contributed by atoms with Crippen molar-refractivity contribution < 1.29 is 4.79 Å². The molecule has 1 amide bonds. The van der Waals surface area contributed by atoms with Gasteiger partial charge in [-0.25, -0.2) is 4.99 Å². The maximum atomic E-state index is 11.8. The number of rotatable bonds is 7. The molecule has 1 aromatic carbocycles. The van der Waals surface area contributed by atoms with Crippen molar-refractivity contribution in [3.8, 4) is 0 Å². The van der Waals surface area contributed by atoms with Crippen LogP contribution in [0.15, 0.2) is 29.3 Å². The van der Waals surface area contributed by atoms with Crippen molar-refractivity contribution >= 4 is 41.5 Å². The smallest absolute Gasteiger partial charge is 0.243 e. The molecule has 1 atom stereocenters. The van der Waals surface area contributed by atoms with E-state index in [9.17, 15) is 4.79 Å². The van der Waals surface area contributed by atoms with E-state index in [4.69, 9.17) is 0 Å². The number of guanidine groups is 1. The Hall–Kier alpha value is -1.51. The average molecular weight is 487 g/mol. The van der Waals surface area contributed by atoms with Gasteiger partial charge in [0, 0.05) is 39.4 Å². The molecule has 0 aromatic heterocycles. The first-order chi connectivity index (χ1) is 12.5. The fourth-order valence-electron chi connectivity index (χ4n) is 2.94. The molecule has 1 aromatic rings. The first-order valence-electron chi connectivity index (χ1n) is 9.61. The molecule has 6 nitrogen and oxygen atoms in total. The lowest BCUT2D eigenvalue weighted by Crippen LogP contribution is -2.40. The van der Waals surface area contributed by atoms with Gasteiger partial charge in [0.2, 0.25) is 5.91 Å². The molecule has 1 aliphatic rings. The summed E-state index contributed by atoms with van der Waals surface area (Å²) in [7, 11) is 3.49. The number of hydrogen-bond donors (Lipinski definition) is 2. The van der Waals surface area contributed by atoms with Gasteiger partial charge in [-0.15, -0.1) is 24.0 Å². The summed E-state index contributed by atoms with van der Waals surface area (Å²) in [5.41, 5.74) is 2.51. The highest BCUT2D eigenvalue weighted by molar-refractivity contribution is 14.0. The van der Waals surface area contributed by atoms with E-state index < -0.39 is 0 Å². The third kappa shape index (κ3) is 7.56. The van der Waals surface area contributed by atoms with Gasteiger partial charge in [-0.1, -0.05) is 19.1 Å². The Bertz CT molecular complexity index is 614. The van der Waals surface area contributed by atoms with E-state index in [-0.39, 0.29) is 42.5 Å². The fourth-order valence-corrected chi connectivity index (χ4v) is 2.94. The molecule has 1 fully saturated rings. The molecular weight excluding hydrogens is 453 g/mol. The Balaban J connectivity index is 0.00000364. The number of aliphatic imine (C=N–C) groups is 1. The lowest BCUT2D eigenvalue weighted by Gasteiger charge is -2.22. The molecule has 1 aliphatic heterocycles. The minimum Gasteiger partial charge on any atom is -0.372 e. The van der Waals surface area contributed by atoms with E-state index in [1.165, 1.54) is 24.1 Å². The summed E-state index contributed by atoms with van der Waals surface area (Å²) in [6.07, 6.45) is 3.55. The molecule has 0 aliphatic carbocycles. The molecule has 152 valence electrons. The van der Waals surface area contributed by atoms with Crippen LogP contribution in [0, 0.1) is 0 Å². The minimum atomic E-state index is -0.00807. The Morgan fingerprint density at radius 3 is 2.63 bits per heavy atom. The summed E-state index contributed by atoms with van der Waals surface area (Å²) in [6.45, 7) is 7.49. The molecule has 27 heavy (non-hydrogen) atoms. The van der Waals surface area contributed by atoms with Crippen LogP contribution in [0.1, 0.15) is 44.7 Å². The minimum absolute atomic E-state index is 0. The second kappa shape index (κ2) is 12.0. The zero-order valence-corrected chi connectivity index (χ0v) is 19.3. The van der Waals surface area contributed by atoms with E-state index in [1.54, 1.807) is 19.0 Å². The maximum absolute atomic E-state index is 11.8. The van der Waals surface area contributed by atoms with Crippen LogP contribution in [-0.2, 0) is 4.79 Å². The SMILES string of the molecule is CCCNC(=NCC(=O)N(C)C)NC(C)c1cccc(N2CCCC2)c1.I. The lowest BCUT2D eigenvalue weighted by molar-refractivity contribution is -0.127. The van der Waals surface area contributed by atoms with Gasteiger partial charge >= 0.3 is 0 Å². The van der Waals surface area contributed by atoms with Crippen LogP contribution in [-0.4, -0.2) is 57.0 Å². The normalized spacial score (nSPS) is 15.1. The van der Waals surface area contributed by atoms with Crippen LogP contribution < -0.4 is 15.5 Å². The summed E-state index contributed by atoms with van der Waals surface area (Å²) in [6, 6.07) is 8.80. The van der Waals surface area contributed by atoms with Gasteiger partial charge in [-0.3, -0.25) is 4.79 Å². The van der Waals surface area contributed by atoms with Crippen LogP contribution in [0.2, 0.25) is 0 Å². The molecule has 1 unspecified atom stereocenters. The third-order valence-electron chi connectivity index (χ3n) is 4.61. The second-order valence-corrected chi connectivity index (χ2v) is 7.03. The maximum Gasteiger partial charge on any atom is 0.243 e. The standard InChI is InChI=1S/C20H33N5O.HI/c1-5-11-21-20(22-15-19(26)24(3)4)23-16(2)17-9-8-10-18(14-17)25-12-6-7-13-25;/h8-10,14,16H,5-7,11-13,15H2,1-4H3,(H2,21,22,23);1H. The van der Waals surface area contributed by atoms with Gasteiger partial charge in [-0.05, 0) is 43.9 Å². The van der Waals surface area contributed by atoms with Gasteiger partial charge in [0.1, 0.15) is 6.54 Å². The zero-order chi connectivity index (χ0) is 18.9. The highest BCUT2D eigenvalue weighted by Gasteiger charge is 2.15. The molecule has 2 rings (SSSR count). The monoisotopic (exact) mass is 487 g/mol. The number of benzene rings is 1. The first kappa shape index (κ1) is 23.5. The quantitative estimate of drug-likeness (QED) is 0.353. The predicted molar refractivity (Wildman–Crippen MR) is 124 cm³/mol. The van der Waals surface area contributed by atoms with Gasteiger partial charge < -0.3 is 20.4 Å². The number of nitrogens with one attached hydrogen (secondary N) is 2. The molecule has 0 saturated carbocycles. The van der Waals surface area contributed by atoms with E-state index in [2.05, 4.69) is 58.6 Å². The van der Waals surface area contributed by atoms with E-state index in [1.807, 2.05) is 0 Å². The van der Waals surface area contributed by atoms with Gasteiger partial charge in [-0.2, -0.15) is 0 Å². The number of anilines is 1. The topological polar surface area (TPSA) is 60.0 Å². The summed E-state index contributed by atoms with van der Waals surface area (Å²) < 4.78 is 0. The molecule has 1 heterocycles. The number of hydrogen-bond acceptors (Lipinski definition) is 3. The number of nitrogens with zero attached hydrogens (tertiary/aromatic N) is 3. The molecule has 1 saturated heterocycles. The van der Waals surface area contributed by atoms with Crippen LogP contribution in [0.3, 0.4) is 0 Å². The van der Waals surface area contributed by atoms with Gasteiger partial charge in [0.25, 0.3) is 0 Å². The van der Waals surface area contributed by atoms with Crippen molar-refractivity contribution in [3.05, 3.63) is 29.8 Å². The first-order valence-corrected chi connectivity index (χ1v) is 9.61. The van der Waals surface area contributed by atoms with Crippen LogP contribution in [0.4, 0.5) is 5.69 Å². The number of carbonyl (C=O) groups is 1. The average Bonchev–Trinajstić information content (AvgIpc) is 3.18. The largest absolute Gasteiger partial charge is 0.372 e. The molecular formula is C20H34IN5O. The van der Waals surface area contributed by atoms with Crippen molar-refractivity contribution in [1.29, 1.82) is 0 Å². The van der Waals surface area contributed by atoms with Crippen molar-refractivity contribution in [2.75, 3.05) is 45.2 Å². The summed E-state index contributed by atoms with van der Waals surface area (Å²) in [4.78, 5) is 20.3. The third-order valence-corrected chi connectivity index (χ3v) is 4.61. The van der Waals surface area contributed by atoms with E-state index in [0.717, 1.165) is 26.1 Å². The van der Waals surface area contributed by atoms with E-state index in [0.29, 0.717) is 5.96 Å². The Morgan fingerprint density at radius 2 is 2.00 bits per heavy atom. The number of carbonyl (C=O) groups excluding carboxylic acids is 1. The number of amides is 1. The number of likely N-dealkylation sites (N-methyl/N-ethyl adjacent to an activating group) is 1. The van der Waals surface area contributed by atoms with Crippen LogP contribution in [0.5, 0.6) is 0 Å². The lowest BCUT2D eigenvalue weighted by atomic mass is 10.1. The summed E-state index contributed by atoms with van der Waals surface area (Å²) in [5.74, 6) is 0.674. The molecule has 0 spiro atoms. The fraction of sp³-hybridized carbons (Fsp3) is 0.600. The summed E-state index contributed by atoms with van der Waals surface area (Å²) >= 11 is 0. The Labute approximate surface area is 180 Å². The van der Waals surface area contributed by atoms with Crippen molar-refractivity contribution in [2.24, 2.45) is 4.99 Å². The molecule has 0 radical (unpaired) electrons. The van der Waals surface area contributed by atoms with Crippen LogP contribution in [0.25, 0.3) is 0 Å². The highest BCUT2D eigenvalue weighted by atomic mass is 127. The summed E-state index contributed by atoms with van der Waals surface area (Å²) in [5, 5.41) is 6.72. The van der Waals surface area contributed by atoms with Crippen molar-refractivity contribution in [2.45, 2.75) is 39.2 Å². The van der Waals surface area contributed by atoms with Gasteiger partial charge in [0.05, 0.1) is 6.04 Å². The Kier molecular flexibility index (Phi) is 10.5. The predicted octanol–water partition coefficient (Wildman–Crippen LogP) is 3.00. The van der Waals surface area contributed by atoms with Crippen LogP contribution >= 0.6 is 24.0 Å². The van der Waals surface area contributed by atoms with E-state index >= 15 is 0 Å². The number of halogens is 1. The molecule has 0 bridgehead atoms. The second-order valence-electron chi connectivity index (χ2n) is 7.03. The van der Waals surface area contributed by atoms with Gasteiger partial charge in [0.15, 0.2) is 5.96 Å². The Morgan fingerprint density at radius 1 is 1.30 bits per heavy atom. The molecule has 2 N–H and O–H groups in total. The molecule has 7 heteroatoms.